The number of para-hydroxylation sites is 2. The van der Waals surface area contributed by atoms with Crippen LogP contribution in [0.5, 0.6) is 0 Å². The molecule has 0 amide bonds. The predicted octanol–water partition coefficient (Wildman–Crippen LogP) is 3.76. The van der Waals surface area contributed by atoms with Crippen LogP contribution in [0.1, 0.15) is 39.7 Å². The van der Waals surface area contributed by atoms with Gasteiger partial charge in [-0.3, -0.25) is 5.01 Å². The summed E-state index contributed by atoms with van der Waals surface area (Å²) in [6.45, 7) is 7.75. The van der Waals surface area contributed by atoms with E-state index in [2.05, 4.69) is 61.7 Å². The monoisotopic (exact) mass is 411 g/mol. The Morgan fingerprint density at radius 2 is 1.79 bits per heavy atom. The quantitative estimate of drug-likeness (QED) is 0.707. The number of hydrazone groups is 1. The zero-order valence-corrected chi connectivity index (χ0v) is 18.2. The van der Waals surface area contributed by atoms with Crippen molar-refractivity contribution in [1.29, 1.82) is 0 Å². The van der Waals surface area contributed by atoms with E-state index in [-0.39, 0.29) is 11.5 Å². The molecule has 2 aromatic rings. The van der Waals surface area contributed by atoms with Crippen LogP contribution in [0, 0.1) is 0 Å². The minimum Gasteiger partial charge on any atom is -0.550 e. The first-order chi connectivity index (χ1) is 13.6. The Morgan fingerprint density at radius 3 is 2.41 bits per heavy atom. The molecule has 6 heteroatoms. The summed E-state index contributed by atoms with van der Waals surface area (Å²) in [4.78, 5) is 8.89. The molecular weight excluding hydrogens is 386 g/mol. The van der Waals surface area contributed by atoms with Gasteiger partial charge in [0.25, 0.3) is 0 Å². The molecule has 5 nitrogen and oxygen atoms in total. The van der Waals surface area contributed by atoms with Crippen molar-refractivity contribution in [1.82, 2.24) is 0 Å². The molecule has 152 valence electrons. The van der Waals surface area contributed by atoms with Crippen molar-refractivity contribution in [2.24, 2.45) is 5.10 Å². The van der Waals surface area contributed by atoms with E-state index in [1.54, 1.807) is 0 Å². The normalized spacial score (nSPS) is 19.4. The summed E-state index contributed by atoms with van der Waals surface area (Å²) in [5, 5.41) is 16.7. The number of hydrogen-bond donors (Lipinski definition) is 0. The minimum absolute atomic E-state index is 0.0552. The maximum absolute atomic E-state index is 8.89. The molecule has 0 saturated carbocycles. The first kappa shape index (κ1) is 21.1. The van der Waals surface area contributed by atoms with Gasteiger partial charge in [-0.25, -0.2) is 0 Å². The van der Waals surface area contributed by atoms with E-state index < -0.39 is 5.97 Å². The van der Waals surface area contributed by atoms with Crippen LogP contribution in [0.25, 0.3) is 0 Å². The van der Waals surface area contributed by atoms with Gasteiger partial charge in [-0.05, 0) is 39.8 Å². The average Bonchev–Trinajstić information content (AvgIpc) is 3.10. The molecule has 0 aliphatic carbocycles. The number of carboxylic acids is 1. The lowest BCUT2D eigenvalue weighted by Gasteiger charge is -2.20. The Kier molecular flexibility index (Phi) is 5.80. The molecule has 0 radical (unpaired) electrons. The average molecular weight is 412 g/mol. The van der Waals surface area contributed by atoms with Crippen LogP contribution in [-0.4, -0.2) is 35.1 Å². The van der Waals surface area contributed by atoms with E-state index in [1.165, 1.54) is 17.0 Å². The van der Waals surface area contributed by atoms with Gasteiger partial charge < -0.3 is 9.90 Å². The molecule has 1 unspecified atom stereocenters. The lowest BCUT2D eigenvalue weighted by Crippen LogP contribution is -2.35. The molecule has 0 N–H and O–H groups in total. The van der Waals surface area contributed by atoms with Gasteiger partial charge in [0.05, 0.1) is 22.2 Å². The van der Waals surface area contributed by atoms with Crippen molar-refractivity contribution in [2.75, 3.05) is 12.1 Å². The highest BCUT2D eigenvalue weighted by Crippen LogP contribution is 2.41. The van der Waals surface area contributed by atoms with Crippen LogP contribution >= 0.6 is 11.6 Å². The first-order valence-corrected chi connectivity index (χ1v) is 10.0. The van der Waals surface area contributed by atoms with Crippen LogP contribution in [0.3, 0.4) is 0 Å². The zero-order valence-electron chi connectivity index (χ0n) is 17.4. The minimum atomic E-state index is -1.08. The van der Waals surface area contributed by atoms with Gasteiger partial charge in [0.1, 0.15) is 12.8 Å². The van der Waals surface area contributed by atoms with E-state index in [4.69, 9.17) is 26.6 Å². The number of carbonyl (C=O) groups is 1. The summed E-state index contributed by atoms with van der Waals surface area (Å²) in [5.41, 5.74) is 5.99. The summed E-state index contributed by atoms with van der Waals surface area (Å²) in [5.74, 6) is -1.08. The van der Waals surface area contributed by atoms with Crippen molar-refractivity contribution >= 4 is 40.4 Å². The number of nitrogens with zero attached hydrogens (tertiary/aromatic N) is 3. The smallest absolute Gasteiger partial charge is 0.215 e. The zero-order chi connectivity index (χ0) is 21.3. The Morgan fingerprint density at radius 1 is 1.21 bits per heavy atom. The number of halogens is 1. The third-order valence-electron chi connectivity index (χ3n) is 5.37. The third-order valence-corrected chi connectivity index (χ3v) is 5.69. The second-order valence-electron chi connectivity index (χ2n) is 7.94. The van der Waals surface area contributed by atoms with Crippen molar-refractivity contribution in [2.45, 2.75) is 45.6 Å². The number of carbonyl (C=O) groups excluding carboxylic acids is 1. The van der Waals surface area contributed by atoms with Gasteiger partial charge in [-0.2, -0.15) is 9.68 Å². The standard InChI is InChI=1S/C21H23ClN3.C2H4O2/c1-14-13-17(23-25(14)19-12-8-6-10-16(19)22)20-21(2,3)15-9-5-7-11-18(15)24(20)4;1-2(3)4/h5-12,14H,13H2,1-4H3;1H3,(H,3,4)/q+1;/p-1. The lowest BCUT2D eigenvalue weighted by atomic mass is 9.79. The summed E-state index contributed by atoms with van der Waals surface area (Å²) in [7, 11) is 2.15. The van der Waals surface area contributed by atoms with Gasteiger partial charge in [-0.1, -0.05) is 41.9 Å². The van der Waals surface area contributed by atoms with Crippen molar-refractivity contribution in [3.8, 4) is 0 Å². The summed E-state index contributed by atoms with van der Waals surface area (Å²) in [6, 6.07) is 16.8. The fourth-order valence-electron chi connectivity index (χ4n) is 4.22. The molecule has 0 spiro atoms. The van der Waals surface area contributed by atoms with Crippen LogP contribution in [0.15, 0.2) is 53.6 Å². The fourth-order valence-corrected chi connectivity index (χ4v) is 4.45. The molecule has 2 aromatic carbocycles. The maximum atomic E-state index is 8.89. The van der Waals surface area contributed by atoms with Crippen LogP contribution in [0.2, 0.25) is 5.02 Å². The molecule has 1 atom stereocenters. The molecule has 29 heavy (non-hydrogen) atoms. The Bertz CT molecular complexity index is 1010. The number of anilines is 1. The molecule has 2 heterocycles. The lowest BCUT2D eigenvalue weighted by molar-refractivity contribution is -0.400. The van der Waals surface area contributed by atoms with E-state index in [1.807, 2.05) is 24.3 Å². The van der Waals surface area contributed by atoms with E-state index in [9.17, 15) is 0 Å². The van der Waals surface area contributed by atoms with Gasteiger partial charge in [0.15, 0.2) is 0 Å². The topological polar surface area (TPSA) is 58.7 Å². The molecule has 2 aliphatic rings. The number of benzene rings is 2. The molecular formula is C23H26ClN3O2. The first-order valence-electron chi connectivity index (χ1n) is 9.64. The number of hydrogen-bond acceptors (Lipinski definition) is 4. The highest BCUT2D eigenvalue weighted by molar-refractivity contribution is 6.45. The Balaban J connectivity index is 0.000000552. The van der Waals surface area contributed by atoms with Crippen LogP contribution in [-0.2, 0) is 10.2 Å². The predicted molar refractivity (Wildman–Crippen MR) is 116 cm³/mol. The van der Waals surface area contributed by atoms with Crippen molar-refractivity contribution in [3.63, 3.8) is 0 Å². The van der Waals surface area contributed by atoms with Crippen molar-refractivity contribution in [3.05, 3.63) is 59.1 Å². The molecule has 0 fully saturated rings. The van der Waals surface area contributed by atoms with Crippen LogP contribution < -0.4 is 10.1 Å². The Labute approximate surface area is 176 Å². The molecule has 0 aromatic heterocycles. The number of carboxylic acid groups (broad SMARTS) is 1. The summed E-state index contributed by atoms with van der Waals surface area (Å²) < 4.78 is 2.30. The van der Waals surface area contributed by atoms with Crippen LogP contribution in [0.4, 0.5) is 11.4 Å². The van der Waals surface area contributed by atoms with E-state index in [0.29, 0.717) is 0 Å². The van der Waals surface area contributed by atoms with Gasteiger partial charge >= 0.3 is 0 Å². The van der Waals surface area contributed by atoms with Crippen molar-refractivity contribution < 1.29 is 14.5 Å². The fraction of sp³-hybridized carbons (Fsp3) is 0.348. The molecule has 4 rings (SSSR count). The molecule has 0 bridgehead atoms. The van der Waals surface area contributed by atoms with E-state index >= 15 is 0 Å². The second kappa shape index (κ2) is 7.99. The second-order valence-corrected chi connectivity index (χ2v) is 8.34. The largest absolute Gasteiger partial charge is 0.550 e. The molecule has 2 aliphatic heterocycles. The van der Waals surface area contributed by atoms with Gasteiger partial charge in [0.2, 0.25) is 11.4 Å². The molecule has 0 saturated heterocycles. The highest BCUT2D eigenvalue weighted by atomic mass is 35.5. The third kappa shape index (κ3) is 3.92. The number of aliphatic carboxylic acids is 1. The Hall–Kier alpha value is -2.66. The SMILES string of the molecule is CC(=O)[O-].CC1CC(C2=[N+](C)c3ccccc3C2(C)C)=NN1c1ccccc1Cl. The maximum Gasteiger partial charge on any atom is 0.215 e. The summed E-state index contributed by atoms with van der Waals surface area (Å²) in [6.07, 6.45) is 0.919. The summed E-state index contributed by atoms with van der Waals surface area (Å²) >= 11 is 6.41. The van der Waals surface area contributed by atoms with Gasteiger partial charge in [-0.15, -0.1) is 0 Å². The number of rotatable bonds is 2. The highest BCUT2D eigenvalue weighted by Gasteiger charge is 2.48. The van der Waals surface area contributed by atoms with Gasteiger partial charge in [0, 0.05) is 24.0 Å². The number of fused-ring (bicyclic) bond motifs is 1. The van der Waals surface area contributed by atoms with E-state index in [0.717, 1.165) is 29.8 Å².